The van der Waals surface area contributed by atoms with Crippen LogP contribution >= 0.6 is 12.8 Å². The van der Waals surface area contributed by atoms with Gasteiger partial charge in [-0.1, -0.05) is 31.0 Å². The summed E-state index contributed by atoms with van der Waals surface area (Å²) in [7, 11) is 1.57. The van der Waals surface area contributed by atoms with Crippen molar-refractivity contribution in [1.29, 1.82) is 0 Å². The lowest BCUT2D eigenvalue weighted by atomic mass is 10.2. The Kier molecular flexibility index (Phi) is 4.30. The third-order valence-corrected chi connectivity index (χ3v) is 2.99. The predicted octanol–water partition coefficient (Wildman–Crippen LogP) is 3.42. The van der Waals surface area contributed by atoms with E-state index in [9.17, 15) is 4.79 Å². The van der Waals surface area contributed by atoms with Crippen LogP contribution in [-0.2, 0) is 0 Å². The maximum absolute atomic E-state index is 11.4. The number of hydrogen-bond acceptors (Lipinski definition) is 3. The van der Waals surface area contributed by atoms with Crippen molar-refractivity contribution < 1.29 is 4.79 Å². The average molecular weight is 273 g/mol. The minimum Gasteiger partial charge on any atom is -0.356 e. The van der Waals surface area contributed by atoms with Gasteiger partial charge in [0.15, 0.2) is 0 Å². The number of anilines is 3. The van der Waals surface area contributed by atoms with Crippen molar-refractivity contribution in [2.75, 3.05) is 16.7 Å². The molecule has 0 heterocycles. The quantitative estimate of drug-likeness (QED) is 0.750. The zero-order valence-corrected chi connectivity index (χ0v) is 11.4. The molecule has 19 heavy (non-hydrogen) atoms. The van der Waals surface area contributed by atoms with Gasteiger partial charge in [0.2, 0.25) is 0 Å². The number of thiol groups is 1. The summed E-state index contributed by atoms with van der Waals surface area (Å²) in [5, 5.41) is 5.78. The normalized spacial score (nSPS) is 9.79. The van der Waals surface area contributed by atoms with Gasteiger partial charge in [0.05, 0.1) is 5.69 Å². The fourth-order valence-electron chi connectivity index (χ4n) is 1.60. The molecule has 2 aromatic rings. The Balaban J connectivity index is 2.08. The third kappa shape index (κ3) is 3.42. The van der Waals surface area contributed by atoms with E-state index >= 15 is 0 Å². The SMILES string of the molecule is CNC(=O)N(S)c1ccc(Nc2ccccc2)cc1. The van der Waals surface area contributed by atoms with Crippen molar-refractivity contribution in [3.63, 3.8) is 0 Å². The van der Waals surface area contributed by atoms with Gasteiger partial charge in [0.25, 0.3) is 0 Å². The fraction of sp³-hybridized carbons (Fsp3) is 0.0714. The van der Waals surface area contributed by atoms with Gasteiger partial charge < -0.3 is 10.6 Å². The van der Waals surface area contributed by atoms with Crippen LogP contribution in [-0.4, -0.2) is 13.1 Å². The van der Waals surface area contributed by atoms with Crippen LogP contribution in [0.15, 0.2) is 54.6 Å². The summed E-state index contributed by atoms with van der Waals surface area (Å²) >= 11 is 4.13. The van der Waals surface area contributed by atoms with Crippen LogP contribution in [0, 0.1) is 0 Å². The smallest absolute Gasteiger partial charge is 0.331 e. The lowest BCUT2D eigenvalue weighted by Gasteiger charge is -2.15. The summed E-state index contributed by atoms with van der Waals surface area (Å²) in [5.41, 5.74) is 2.68. The van der Waals surface area contributed by atoms with Crippen LogP contribution in [0.1, 0.15) is 0 Å². The Morgan fingerprint density at radius 1 is 1.00 bits per heavy atom. The minimum atomic E-state index is -0.271. The van der Waals surface area contributed by atoms with Gasteiger partial charge in [0, 0.05) is 18.4 Å². The van der Waals surface area contributed by atoms with E-state index in [1.807, 2.05) is 54.6 Å². The highest BCUT2D eigenvalue weighted by Gasteiger charge is 2.09. The zero-order chi connectivity index (χ0) is 13.7. The van der Waals surface area contributed by atoms with Crippen molar-refractivity contribution in [3.8, 4) is 0 Å². The van der Waals surface area contributed by atoms with Crippen molar-refractivity contribution >= 4 is 35.9 Å². The Morgan fingerprint density at radius 3 is 2.16 bits per heavy atom. The second-order valence-corrected chi connectivity index (χ2v) is 4.30. The molecule has 2 amide bonds. The van der Waals surface area contributed by atoms with E-state index in [-0.39, 0.29) is 6.03 Å². The standard InChI is InChI=1S/C14H15N3OS/c1-15-14(18)17(19)13-9-7-12(8-10-13)16-11-5-3-2-4-6-11/h2-10,16,19H,1H3,(H,15,18). The number of benzene rings is 2. The number of amides is 2. The fourth-order valence-corrected chi connectivity index (χ4v) is 1.83. The van der Waals surface area contributed by atoms with Gasteiger partial charge in [-0.25, -0.2) is 9.10 Å². The van der Waals surface area contributed by atoms with Gasteiger partial charge in [-0.3, -0.25) is 0 Å². The van der Waals surface area contributed by atoms with Crippen molar-refractivity contribution in [2.45, 2.75) is 0 Å². The van der Waals surface area contributed by atoms with Crippen LogP contribution in [0.2, 0.25) is 0 Å². The molecular weight excluding hydrogens is 258 g/mol. The molecular formula is C14H15N3OS. The van der Waals surface area contributed by atoms with Gasteiger partial charge in [-0.2, -0.15) is 0 Å². The average Bonchev–Trinajstić information content (AvgIpc) is 2.47. The molecule has 0 fully saturated rings. The summed E-state index contributed by atoms with van der Waals surface area (Å²) < 4.78 is 1.26. The van der Waals surface area contributed by atoms with Crippen LogP contribution < -0.4 is 14.9 Å². The molecule has 2 N–H and O–H groups in total. The lowest BCUT2D eigenvalue weighted by molar-refractivity contribution is 0.252. The highest BCUT2D eigenvalue weighted by molar-refractivity contribution is 7.82. The molecule has 2 aromatic carbocycles. The molecule has 0 bridgehead atoms. The number of nitrogens with one attached hydrogen (secondary N) is 2. The first-order valence-corrected chi connectivity index (χ1v) is 6.23. The van der Waals surface area contributed by atoms with Crippen molar-refractivity contribution in [2.24, 2.45) is 0 Å². The molecule has 0 spiro atoms. The zero-order valence-electron chi connectivity index (χ0n) is 10.5. The lowest BCUT2D eigenvalue weighted by Crippen LogP contribution is -2.30. The maximum atomic E-state index is 11.4. The topological polar surface area (TPSA) is 44.4 Å². The van der Waals surface area contributed by atoms with E-state index in [0.717, 1.165) is 11.4 Å². The van der Waals surface area contributed by atoms with E-state index in [1.165, 1.54) is 4.31 Å². The van der Waals surface area contributed by atoms with E-state index in [4.69, 9.17) is 0 Å². The largest absolute Gasteiger partial charge is 0.356 e. The number of carbonyl (C=O) groups excluding carboxylic acids is 1. The number of rotatable bonds is 3. The summed E-state index contributed by atoms with van der Waals surface area (Å²) in [6.45, 7) is 0. The van der Waals surface area contributed by atoms with Gasteiger partial charge in [-0.15, -0.1) is 0 Å². The number of urea groups is 1. The number of hydrogen-bond donors (Lipinski definition) is 3. The highest BCUT2D eigenvalue weighted by Crippen LogP contribution is 2.22. The number of carbonyl (C=O) groups is 1. The predicted molar refractivity (Wildman–Crippen MR) is 82.1 cm³/mol. The molecule has 0 atom stereocenters. The van der Waals surface area contributed by atoms with E-state index in [2.05, 4.69) is 23.4 Å². The van der Waals surface area contributed by atoms with E-state index in [1.54, 1.807) is 7.05 Å². The summed E-state index contributed by atoms with van der Waals surface area (Å²) in [4.78, 5) is 11.4. The summed E-state index contributed by atoms with van der Waals surface area (Å²) in [5.74, 6) is 0. The van der Waals surface area contributed by atoms with Gasteiger partial charge in [0.1, 0.15) is 0 Å². The Labute approximate surface area is 118 Å². The molecule has 0 saturated carbocycles. The minimum absolute atomic E-state index is 0.271. The van der Waals surface area contributed by atoms with Crippen LogP contribution in [0.25, 0.3) is 0 Å². The highest BCUT2D eigenvalue weighted by atomic mass is 32.1. The molecule has 0 aromatic heterocycles. The van der Waals surface area contributed by atoms with E-state index in [0.29, 0.717) is 5.69 Å². The summed E-state index contributed by atoms with van der Waals surface area (Å²) in [6, 6.07) is 17.1. The third-order valence-electron chi connectivity index (χ3n) is 2.58. The second-order valence-electron chi connectivity index (χ2n) is 3.90. The molecule has 2 rings (SSSR count). The Morgan fingerprint density at radius 2 is 1.58 bits per heavy atom. The van der Waals surface area contributed by atoms with Crippen LogP contribution in [0.3, 0.4) is 0 Å². The molecule has 5 heteroatoms. The molecule has 0 saturated heterocycles. The maximum Gasteiger partial charge on any atom is 0.331 e. The van der Waals surface area contributed by atoms with Gasteiger partial charge in [-0.05, 0) is 36.4 Å². The molecule has 98 valence electrons. The molecule has 0 aliphatic carbocycles. The molecule has 0 aliphatic heterocycles. The van der Waals surface area contributed by atoms with Crippen molar-refractivity contribution in [1.82, 2.24) is 5.32 Å². The summed E-state index contributed by atoms with van der Waals surface area (Å²) in [6.07, 6.45) is 0. The van der Waals surface area contributed by atoms with E-state index < -0.39 is 0 Å². The first-order chi connectivity index (χ1) is 9.20. The second kappa shape index (κ2) is 6.15. The molecule has 0 unspecified atom stereocenters. The number of para-hydroxylation sites is 1. The van der Waals surface area contributed by atoms with Crippen molar-refractivity contribution in [3.05, 3.63) is 54.6 Å². The molecule has 0 aliphatic rings. The number of nitrogens with zero attached hydrogens (tertiary/aromatic N) is 1. The Bertz CT molecular complexity index is 542. The Hall–Kier alpha value is -2.14. The molecule has 4 nitrogen and oxygen atoms in total. The monoisotopic (exact) mass is 273 g/mol. The van der Waals surface area contributed by atoms with Crippen LogP contribution in [0.4, 0.5) is 21.9 Å². The first kappa shape index (κ1) is 13.3. The van der Waals surface area contributed by atoms with Gasteiger partial charge >= 0.3 is 6.03 Å². The first-order valence-electron chi connectivity index (χ1n) is 5.83. The molecule has 0 radical (unpaired) electrons. The van der Waals surface area contributed by atoms with Crippen LogP contribution in [0.5, 0.6) is 0 Å².